The van der Waals surface area contributed by atoms with Crippen molar-refractivity contribution in [3.05, 3.63) is 46.4 Å². The number of aromatic amines is 1. The van der Waals surface area contributed by atoms with E-state index in [2.05, 4.69) is 20.5 Å². The van der Waals surface area contributed by atoms with Crippen molar-refractivity contribution in [1.29, 1.82) is 0 Å². The second-order valence-electron chi connectivity index (χ2n) is 4.42. The molecule has 104 valence electrons. The van der Waals surface area contributed by atoms with Crippen LogP contribution < -0.4 is 10.9 Å². The SMILES string of the molecule is CCC(NC(C)=O)c1nnc(-c2ccccc2)[nH]c1=O. The van der Waals surface area contributed by atoms with Crippen molar-refractivity contribution in [2.24, 2.45) is 0 Å². The highest BCUT2D eigenvalue weighted by Gasteiger charge is 2.17. The van der Waals surface area contributed by atoms with E-state index in [9.17, 15) is 9.59 Å². The van der Waals surface area contributed by atoms with Crippen molar-refractivity contribution in [2.75, 3.05) is 0 Å². The molecule has 1 unspecified atom stereocenters. The molecule has 1 amide bonds. The largest absolute Gasteiger partial charge is 0.348 e. The van der Waals surface area contributed by atoms with Gasteiger partial charge >= 0.3 is 0 Å². The van der Waals surface area contributed by atoms with Crippen LogP contribution in [-0.2, 0) is 4.79 Å². The van der Waals surface area contributed by atoms with Gasteiger partial charge in [0.25, 0.3) is 5.56 Å². The van der Waals surface area contributed by atoms with E-state index in [4.69, 9.17) is 0 Å². The first kappa shape index (κ1) is 13.9. The number of benzene rings is 1. The van der Waals surface area contributed by atoms with Gasteiger partial charge in [-0.05, 0) is 6.42 Å². The fraction of sp³-hybridized carbons (Fsp3) is 0.286. The summed E-state index contributed by atoms with van der Waals surface area (Å²) in [6.45, 7) is 3.27. The van der Waals surface area contributed by atoms with Gasteiger partial charge in [-0.2, -0.15) is 0 Å². The molecule has 2 N–H and O–H groups in total. The summed E-state index contributed by atoms with van der Waals surface area (Å²) < 4.78 is 0. The molecule has 0 saturated heterocycles. The first-order valence-corrected chi connectivity index (χ1v) is 6.41. The monoisotopic (exact) mass is 272 g/mol. The van der Waals surface area contributed by atoms with Gasteiger partial charge in [-0.1, -0.05) is 37.3 Å². The Hall–Kier alpha value is -2.50. The van der Waals surface area contributed by atoms with E-state index in [0.29, 0.717) is 12.2 Å². The highest BCUT2D eigenvalue weighted by Crippen LogP contribution is 2.13. The predicted molar refractivity (Wildman–Crippen MR) is 74.9 cm³/mol. The van der Waals surface area contributed by atoms with Gasteiger partial charge in [0.1, 0.15) is 0 Å². The summed E-state index contributed by atoms with van der Waals surface area (Å²) in [6, 6.07) is 8.85. The van der Waals surface area contributed by atoms with E-state index < -0.39 is 6.04 Å². The number of nitrogens with zero attached hydrogens (tertiary/aromatic N) is 2. The molecule has 0 radical (unpaired) electrons. The van der Waals surface area contributed by atoms with Gasteiger partial charge in [0, 0.05) is 12.5 Å². The highest BCUT2D eigenvalue weighted by molar-refractivity contribution is 5.73. The molecule has 6 nitrogen and oxygen atoms in total. The van der Waals surface area contributed by atoms with Gasteiger partial charge in [0.15, 0.2) is 11.5 Å². The van der Waals surface area contributed by atoms with Crippen molar-refractivity contribution in [2.45, 2.75) is 26.3 Å². The average Bonchev–Trinajstić information content (AvgIpc) is 2.45. The maximum atomic E-state index is 12.1. The molecule has 0 aliphatic carbocycles. The van der Waals surface area contributed by atoms with E-state index in [-0.39, 0.29) is 17.2 Å². The summed E-state index contributed by atoms with van der Waals surface area (Å²) in [5.41, 5.74) is 0.679. The molecule has 6 heteroatoms. The maximum absolute atomic E-state index is 12.1. The maximum Gasteiger partial charge on any atom is 0.275 e. The van der Waals surface area contributed by atoms with Crippen LogP contribution in [0.3, 0.4) is 0 Å². The number of hydrogen-bond acceptors (Lipinski definition) is 4. The third kappa shape index (κ3) is 3.09. The molecule has 0 spiro atoms. The van der Waals surface area contributed by atoms with Gasteiger partial charge in [0.2, 0.25) is 5.91 Å². The Labute approximate surface area is 116 Å². The lowest BCUT2D eigenvalue weighted by Crippen LogP contribution is -2.32. The smallest absolute Gasteiger partial charge is 0.275 e. The summed E-state index contributed by atoms with van der Waals surface area (Å²) in [4.78, 5) is 25.9. The summed E-state index contributed by atoms with van der Waals surface area (Å²) in [5.74, 6) is 0.210. The molecule has 1 atom stereocenters. The van der Waals surface area contributed by atoms with Crippen molar-refractivity contribution < 1.29 is 4.79 Å². The predicted octanol–water partition coefficient (Wildman–Crippen LogP) is 1.42. The van der Waals surface area contributed by atoms with Crippen LogP contribution in [0.1, 0.15) is 32.0 Å². The molecular formula is C14H16N4O2. The molecule has 1 aromatic heterocycles. The van der Waals surface area contributed by atoms with Crippen LogP contribution in [0.15, 0.2) is 35.1 Å². The Bertz CT molecular complexity index is 652. The van der Waals surface area contributed by atoms with Crippen LogP contribution in [-0.4, -0.2) is 21.1 Å². The molecular weight excluding hydrogens is 256 g/mol. The number of carbonyl (C=O) groups excluding carboxylic acids is 1. The number of amides is 1. The normalized spacial score (nSPS) is 11.9. The zero-order valence-electron chi connectivity index (χ0n) is 11.4. The number of rotatable bonds is 4. The first-order chi connectivity index (χ1) is 9.61. The van der Waals surface area contributed by atoms with Crippen LogP contribution in [0.2, 0.25) is 0 Å². The second-order valence-corrected chi connectivity index (χ2v) is 4.42. The molecule has 1 heterocycles. The lowest BCUT2D eigenvalue weighted by atomic mass is 10.1. The summed E-state index contributed by atoms with van der Waals surface area (Å²) in [5, 5.41) is 10.7. The Morgan fingerprint density at radius 1 is 1.30 bits per heavy atom. The second kappa shape index (κ2) is 6.10. The van der Waals surface area contributed by atoms with Crippen LogP contribution in [0.25, 0.3) is 11.4 Å². The Kier molecular flexibility index (Phi) is 4.24. The number of nitrogens with one attached hydrogen (secondary N) is 2. The van der Waals surface area contributed by atoms with Crippen LogP contribution in [0.4, 0.5) is 0 Å². The van der Waals surface area contributed by atoms with Gasteiger partial charge in [-0.3, -0.25) is 9.59 Å². The number of hydrogen-bond donors (Lipinski definition) is 2. The summed E-state index contributed by atoms with van der Waals surface area (Å²) in [7, 11) is 0. The van der Waals surface area contributed by atoms with Crippen molar-refractivity contribution >= 4 is 5.91 Å². The van der Waals surface area contributed by atoms with Gasteiger partial charge in [0.05, 0.1) is 6.04 Å². The minimum Gasteiger partial charge on any atom is -0.348 e. The summed E-state index contributed by atoms with van der Waals surface area (Å²) in [6.07, 6.45) is 0.571. The van der Waals surface area contributed by atoms with Gasteiger partial charge in [-0.25, -0.2) is 0 Å². The minimum absolute atomic E-state index is 0.204. The first-order valence-electron chi connectivity index (χ1n) is 6.41. The van der Waals surface area contributed by atoms with Gasteiger partial charge in [-0.15, -0.1) is 10.2 Å². The van der Waals surface area contributed by atoms with Crippen molar-refractivity contribution in [3.63, 3.8) is 0 Å². The molecule has 1 aromatic carbocycles. The highest BCUT2D eigenvalue weighted by atomic mass is 16.1. The number of aromatic nitrogens is 3. The molecule has 2 aromatic rings. The van der Waals surface area contributed by atoms with E-state index >= 15 is 0 Å². The van der Waals surface area contributed by atoms with Crippen LogP contribution >= 0.6 is 0 Å². The molecule has 20 heavy (non-hydrogen) atoms. The lowest BCUT2D eigenvalue weighted by Gasteiger charge is -2.13. The molecule has 0 fully saturated rings. The van der Waals surface area contributed by atoms with Crippen molar-refractivity contribution in [1.82, 2.24) is 20.5 Å². The molecule has 2 rings (SSSR count). The lowest BCUT2D eigenvalue weighted by molar-refractivity contribution is -0.119. The standard InChI is InChI=1S/C14H16N4O2/c1-3-11(15-9(2)19)12-14(20)16-13(18-17-12)10-7-5-4-6-8-10/h4-8,11H,3H2,1-2H3,(H,15,19)(H,16,18,20). The van der Waals surface area contributed by atoms with Crippen molar-refractivity contribution in [3.8, 4) is 11.4 Å². The van der Waals surface area contributed by atoms with E-state index in [1.807, 2.05) is 37.3 Å². The van der Waals surface area contributed by atoms with Gasteiger partial charge < -0.3 is 10.3 Å². The van der Waals surface area contributed by atoms with E-state index in [1.165, 1.54) is 6.92 Å². The van der Waals surface area contributed by atoms with E-state index in [1.54, 1.807) is 0 Å². The third-order valence-electron chi connectivity index (χ3n) is 2.89. The summed E-state index contributed by atoms with van der Waals surface area (Å²) >= 11 is 0. The van der Waals surface area contributed by atoms with E-state index in [0.717, 1.165) is 5.56 Å². The third-order valence-corrected chi connectivity index (χ3v) is 2.89. The molecule has 0 aliphatic heterocycles. The topological polar surface area (TPSA) is 87.7 Å². The molecule has 0 bridgehead atoms. The minimum atomic E-state index is -0.423. The van der Waals surface area contributed by atoms with Crippen LogP contribution in [0.5, 0.6) is 0 Å². The quantitative estimate of drug-likeness (QED) is 0.881. The Morgan fingerprint density at radius 3 is 2.55 bits per heavy atom. The fourth-order valence-electron chi connectivity index (χ4n) is 1.91. The molecule has 0 aliphatic rings. The average molecular weight is 272 g/mol. The zero-order valence-corrected chi connectivity index (χ0v) is 11.4. The molecule has 0 saturated carbocycles. The van der Waals surface area contributed by atoms with Crippen LogP contribution in [0, 0.1) is 0 Å². The Morgan fingerprint density at radius 2 is 2.00 bits per heavy atom. The Balaban J connectivity index is 2.35. The number of H-pyrrole nitrogens is 1. The fourth-order valence-corrected chi connectivity index (χ4v) is 1.91. The number of carbonyl (C=O) groups is 1. The zero-order chi connectivity index (χ0) is 14.5.